The first-order valence-electron chi connectivity index (χ1n) is 6.80. The highest BCUT2D eigenvalue weighted by Gasteiger charge is 2.27. The van der Waals surface area contributed by atoms with Gasteiger partial charge in [0.2, 0.25) is 5.91 Å². The molecule has 2 N–H and O–H groups in total. The van der Waals surface area contributed by atoms with E-state index in [-0.39, 0.29) is 11.9 Å². The molecule has 1 aromatic carbocycles. The van der Waals surface area contributed by atoms with Crippen LogP contribution in [0.25, 0.3) is 0 Å². The number of rotatable bonds is 4. The van der Waals surface area contributed by atoms with Gasteiger partial charge in [-0.25, -0.2) is 0 Å². The molecule has 0 spiro atoms. The summed E-state index contributed by atoms with van der Waals surface area (Å²) in [7, 11) is 1.84. The van der Waals surface area contributed by atoms with Crippen molar-refractivity contribution in [3.63, 3.8) is 0 Å². The molecule has 1 aromatic rings. The van der Waals surface area contributed by atoms with E-state index in [4.69, 9.17) is 17.3 Å². The number of carbonyl (C=O) groups excluding carboxylic acids is 1. The molecule has 104 valence electrons. The van der Waals surface area contributed by atoms with Gasteiger partial charge in [0.25, 0.3) is 0 Å². The lowest BCUT2D eigenvalue weighted by molar-refractivity contribution is -0.131. The summed E-state index contributed by atoms with van der Waals surface area (Å²) in [6.45, 7) is 0.599. The van der Waals surface area contributed by atoms with Gasteiger partial charge in [-0.05, 0) is 36.5 Å². The minimum Gasteiger partial charge on any atom is -0.341 e. The Kier molecular flexibility index (Phi) is 4.83. The second kappa shape index (κ2) is 6.40. The number of nitrogens with two attached hydrogens (primary N) is 1. The smallest absolute Gasteiger partial charge is 0.222 e. The van der Waals surface area contributed by atoms with Crippen molar-refractivity contribution in [1.29, 1.82) is 0 Å². The van der Waals surface area contributed by atoms with Gasteiger partial charge in [0, 0.05) is 31.1 Å². The van der Waals surface area contributed by atoms with E-state index < -0.39 is 0 Å². The Bertz CT molecular complexity index is 450. The summed E-state index contributed by atoms with van der Waals surface area (Å²) in [4.78, 5) is 13.9. The lowest BCUT2D eigenvalue weighted by Gasteiger charge is -2.21. The van der Waals surface area contributed by atoms with Crippen LogP contribution in [0.3, 0.4) is 0 Å². The van der Waals surface area contributed by atoms with Gasteiger partial charge in [-0.15, -0.1) is 0 Å². The summed E-state index contributed by atoms with van der Waals surface area (Å²) in [5, 5.41) is 0.705. The molecule has 0 heterocycles. The van der Waals surface area contributed by atoms with Gasteiger partial charge < -0.3 is 10.6 Å². The third kappa shape index (κ3) is 3.95. The number of halogens is 1. The highest BCUT2D eigenvalue weighted by Crippen LogP contribution is 2.27. The zero-order valence-corrected chi connectivity index (χ0v) is 12.1. The number of carbonyl (C=O) groups is 1. The summed E-state index contributed by atoms with van der Waals surface area (Å²) in [5.74, 6) is 0.525. The van der Waals surface area contributed by atoms with Gasteiger partial charge in [0.05, 0.1) is 0 Å². The van der Waals surface area contributed by atoms with Crippen molar-refractivity contribution < 1.29 is 4.79 Å². The molecule has 1 aliphatic rings. The molecule has 0 bridgehead atoms. The monoisotopic (exact) mass is 280 g/mol. The second-order valence-corrected chi connectivity index (χ2v) is 5.88. The molecule has 0 aliphatic heterocycles. The second-order valence-electron chi connectivity index (χ2n) is 5.44. The maximum atomic E-state index is 12.2. The van der Waals surface area contributed by atoms with Crippen molar-refractivity contribution in [2.75, 3.05) is 7.05 Å². The number of hydrogen-bond donors (Lipinski definition) is 1. The number of hydrogen-bond acceptors (Lipinski definition) is 2. The molecule has 19 heavy (non-hydrogen) atoms. The fourth-order valence-corrected chi connectivity index (χ4v) is 2.91. The Hall–Kier alpha value is -1.06. The lowest BCUT2D eigenvalue weighted by Crippen LogP contribution is -2.32. The average molecular weight is 281 g/mol. The zero-order chi connectivity index (χ0) is 13.8. The molecule has 1 amide bonds. The molecule has 2 atom stereocenters. The highest BCUT2D eigenvalue weighted by atomic mass is 35.5. The fraction of sp³-hybridized carbons (Fsp3) is 0.533. The van der Waals surface area contributed by atoms with Crippen LogP contribution in [0.1, 0.15) is 31.2 Å². The molecule has 0 saturated heterocycles. The minimum absolute atomic E-state index is 0.169. The predicted octanol–water partition coefficient (Wildman–Crippen LogP) is 2.82. The third-order valence-corrected chi connectivity index (χ3v) is 4.12. The molecular formula is C15H21ClN2O. The van der Waals surface area contributed by atoms with E-state index in [1.807, 2.05) is 31.3 Å². The van der Waals surface area contributed by atoms with Crippen molar-refractivity contribution in [2.24, 2.45) is 11.7 Å². The fourth-order valence-electron chi connectivity index (χ4n) is 2.70. The Balaban J connectivity index is 1.88. The minimum atomic E-state index is 0.169. The standard InChI is InChI=1S/C15H21ClN2O/c1-18(10-11-4-2-6-13(16)8-11)15(19)9-12-5-3-7-14(12)17/h2,4,6,8,12,14H,3,5,7,9-10,17H2,1H3/t12-,14+/m0/s1. The van der Waals surface area contributed by atoms with Crippen LogP contribution in [0.5, 0.6) is 0 Å². The maximum absolute atomic E-state index is 12.2. The van der Waals surface area contributed by atoms with Gasteiger partial charge in [0.15, 0.2) is 0 Å². The van der Waals surface area contributed by atoms with Gasteiger partial charge in [-0.3, -0.25) is 4.79 Å². The summed E-state index contributed by atoms with van der Waals surface area (Å²) >= 11 is 5.94. The Morgan fingerprint density at radius 2 is 2.26 bits per heavy atom. The summed E-state index contributed by atoms with van der Waals surface area (Å²) in [6.07, 6.45) is 3.85. The van der Waals surface area contributed by atoms with Gasteiger partial charge >= 0.3 is 0 Å². The van der Waals surface area contributed by atoms with Crippen LogP contribution in [0, 0.1) is 5.92 Å². The van der Waals surface area contributed by atoms with Crippen molar-refractivity contribution in [3.05, 3.63) is 34.9 Å². The van der Waals surface area contributed by atoms with E-state index in [0.29, 0.717) is 23.9 Å². The molecule has 2 rings (SSSR count). The highest BCUT2D eigenvalue weighted by molar-refractivity contribution is 6.30. The van der Waals surface area contributed by atoms with Crippen molar-refractivity contribution in [3.8, 4) is 0 Å². The topological polar surface area (TPSA) is 46.3 Å². The van der Waals surface area contributed by atoms with Crippen molar-refractivity contribution in [1.82, 2.24) is 4.90 Å². The molecular weight excluding hydrogens is 260 g/mol. The number of benzene rings is 1. The van der Waals surface area contributed by atoms with Crippen LogP contribution in [-0.4, -0.2) is 23.9 Å². The number of nitrogens with zero attached hydrogens (tertiary/aromatic N) is 1. The quantitative estimate of drug-likeness (QED) is 0.922. The SMILES string of the molecule is CN(Cc1cccc(Cl)c1)C(=O)C[C@@H]1CCC[C@H]1N. The first kappa shape index (κ1) is 14.4. The maximum Gasteiger partial charge on any atom is 0.222 e. The van der Waals surface area contributed by atoms with Gasteiger partial charge in [-0.1, -0.05) is 30.2 Å². The van der Waals surface area contributed by atoms with Gasteiger partial charge in [0.1, 0.15) is 0 Å². The molecule has 1 aliphatic carbocycles. The average Bonchev–Trinajstić information content (AvgIpc) is 2.75. The summed E-state index contributed by atoms with van der Waals surface area (Å²) in [6, 6.07) is 7.82. The first-order valence-corrected chi connectivity index (χ1v) is 7.18. The van der Waals surface area contributed by atoms with E-state index in [1.165, 1.54) is 0 Å². The summed E-state index contributed by atoms with van der Waals surface area (Å²) in [5.41, 5.74) is 7.07. The molecule has 1 saturated carbocycles. The van der Waals surface area contributed by atoms with E-state index in [2.05, 4.69) is 0 Å². The van der Waals surface area contributed by atoms with E-state index in [0.717, 1.165) is 24.8 Å². The molecule has 3 nitrogen and oxygen atoms in total. The molecule has 0 aromatic heterocycles. The molecule has 4 heteroatoms. The Morgan fingerprint density at radius 1 is 1.47 bits per heavy atom. The van der Waals surface area contributed by atoms with Crippen molar-refractivity contribution >= 4 is 17.5 Å². The van der Waals surface area contributed by atoms with Crippen LogP contribution in [0.4, 0.5) is 0 Å². The molecule has 0 radical (unpaired) electrons. The molecule has 0 unspecified atom stereocenters. The van der Waals surface area contributed by atoms with Crippen LogP contribution in [-0.2, 0) is 11.3 Å². The third-order valence-electron chi connectivity index (χ3n) is 3.89. The lowest BCUT2D eigenvalue weighted by atomic mass is 9.99. The normalized spacial score (nSPS) is 22.5. The predicted molar refractivity (Wildman–Crippen MR) is 77.9 cm³/mol. The molecule has 1 fully saturated rings. The Morgan fingerprint density at radius 3 is 2.89 bits per heavy atom. The van der Waals surface area contributed by atoms with Crippen LogP contribution in [0.2, 0.25) is 5.02 Å². The van der Waals surface area contributed by atoms with E-state index >= 15 is 0 Å². The van der Waals surface area contributed by atoms with Crippen LogP contribution in [0.15, 0.2) is 24.3 Å². The number of amides is 1. The van der Waals surface area contributed by atoms with Crippen LogP contribution < -0.4 is 5.73 Å². The van der Waals surface area contributed by atoms with Crippen molar-refractivity contribution in [2.45, 2.75) is 38.3 Å². The largest absolute Gasteiger partial charge is 0.341 e. The van der Waals surface area contributed by atoms with E-state index in [1.54, 1.807) is 4.90 Å². The Labute approximate surface area is 119 Å². The van der Waals surface area contributed by atoms with Crippen LogP contribution >= 0.6 is 11.6 Å². The zero-order valence-electron chi connectivity index (χ0n) is 11.3. The van der Waals surface area contributed by atoms with Gasteiger partial charge in [-0.2, -0.15) is 0 Å². The first-order chi connectivity index (χ1) is 9.06. The summed E-state index contributed by atoms with van der Waals surface area (Å²) < 4.78 is 0. The van der Waals surface area contributed by atoms with E-state index in [9.17, 15) is 4.79 Å².